The molecule has 0 aliphatic carbocycles. The zero-order valence-corrected chi connectivity index (χ0v) is 10.8. The summed E-state index contributed by atoms with van der Waals surface area (Å²) in [5.41, 5.74) is 1.63. The van der Waals surface area contributed by atoms with Crippen LogP contribution in [0.25, 0.3) is 0 Å². The second-order valence-corrected chi connectivity index (χ2v) is 3.89. The SMILES string of the molecule is CCOC(=O)CCc1ccc(NC(=O)CC#N)cc1. The Balaban J connectivity index is 2.46. The quantitative estimate of drug-likeness (QED) is 0.794. The predicted octanol–water partition coefficient (Wildman–Crippen LogP) is 2.03. The van der Waals surface area contributed by atoms with Crippen molar-refractivity contribution in [2.24, 2.45) is 0 Å². The average Bonchev–Trinajstić information content (AvgIpc) is 2.38. The average molecular weight is 260 g/mol. The van der Waals surface area contributed by atoms with Crippen LogP contribution in [0.3, 0.4) is 0 Å². The van der Waals surface area contributed by atoms with Crippen LogP contribution in [0.1, 0.15) is 25.3 Å². The van der Waals surface area contributed by atoms with Crippen LogP contribution in [0.4, 0.5) is 5.69 Å². The molecule has 0 saturated carbocycles. The molecular formula is C14H16N2O3. The molecule has 0 fully saturated rings. The number of nitriles is 1. The maximum absolute atomic E-state index is 11.2. The lowest BCUT2D eigenvalue weighted by Gasteiger charge is -2.05. The number of nitrogens with one attached hydrogen (secondary N) is 1. The second kappa shape index (κ2) is 7.88. The van der Waals surface area contributed by atoms with E-state index in [1.807, 2.05) is 12.1 Å². The Kier molecular flexibility index (Phi) is 6.10. The molecule has 0 saturated heterocycles. The number of hydrogen-bond donors (Lipinski definition) is 1. The third kappa shape index (κ3) is 5.68. The fourth-order valence-electron chi connectivity index (χ4n) is 1.51. The number of carbonyl (C=O) groups excluding carboxylic acids is 2. The molecule has 100 valence electrons. The number of benzene rings is 1. The van der Waals surface area contributed by atoms with Crippen molar-refractivity contribution in [2.45, 2.75) is 26.2 Å². The standard InChI is InChI=1S/C14H16N2O3/c1-2-19-14(18)8-5-11-3-6-12(7-4-11)16-13(17)9-10-15/h3-4,6-7H,2,5,8-9H2,1H3,(H,16,17). The molecular weight excluding hydrogens is 244 g/mol. The number of carbonyl (C=O) groups is 2. The molecule has 19 heavy (non-hydrogen) atoms. The Labute approximate surface area is 112 Å². The molecule has 5 nitrogen and oxygen atoms in total. The molecule has 0 radical (unpaired) electrons. The van der Waals surface area contributed by atoms with Crippen molar-refractivity contribution in [1.82, 2.24) is 0 Å². The number of ether oxygens (including phenoxy) is 1. The molecule has 0 aliphatic heterocycles. The summed E-state index contributed by atoms with van der Waals surface area (Å²) in [6.45, 7) is 2.17. The fraction of sp³-hybridized carbons (Fsp3) is 0.357. The zero-order chi connectivity index (χ0) is 14.1. The molecule has 1 rings (SSSR count). The smallest absolute Gasteiger partial charge is 0.306 e. The van der Waals surface area contributed by atoms with Gasteiger partial charge in [0.05, 0.1) is 12.7 Å². The van der Waals surface area contributed by atoms with E-state index in [1.54, 1.807) is 25.1 Å². The van der Waals surface area contributed by atoms with Crippen LogP contribution in [0.15, 0.2) is 24.3 Å². The number of anilines is 1. The van der Waals surface area contributed by atoms with Gasteiger partial charge < -0.3 is 10.1 Å². The van der Waals surface area contributed by atoms with E-state index in [2.05, 4.69) is 5.32 Å². The third-order valence-electron chi connectivity index (χ3n) is 2.40. The number of amides is 1. The van der Waals surface area contributed by atoms with E-state index in [1.165, 1.54) is 0 Å². The summed E-state index contributed by atoms with van der Waals surface area (Å²) in [5.74, 6) is -0.546. The van der Waals surface area contributed by atoms with Gasteiger partial charge in [0.15, 0.2) is 0 Å². The van der Waals surface area contributed by atoms with Gasteiger partial charge in [-0.05, 0) is 31.0 Å². The van der Waals surface area contributed by atoms with Crippen molar-refractivity contribution in [3.05, 3.63) is 29.8 Å². The summed E-state index contributed by atoms with van der Waals surface area (Å²) < 4.78 is 4.84. The lowest BCUT2D eigenvalue weighted by molar-refractivity contribution is -0.143. The lowest BCUT2D eigenvalue weighted by Crippen LogP contribution is -2.10. The second-order valence-electron chi connectivity index (χ2n) is 3.89. The van der Waals surface area contributed by atoms with Gasteiger partial charge in [0, 0.05) is 12.1 Å². The van der Waals surface area contributed by atoms with E-state index >= 15 is 0 Å². The summed E-state index contributed by atoms with van der Waals surface area (Å²) >= 11 is 0. The van der Waals surface area contributed by atoms with Gasteiger partial charge in [-0.15, -0.1) is 0 Å². The molecule has 0 atom stereocenters. The molecule has 1 aromatic carbocycles. The van der Waals surface area contributed by atoms with E-state index in [-0.39, 0.29) is 18.3 Å². The molecule has 0 unspecified atom stereocenters. The van der Waals surface area contributed by atoms with Crippen molar-refractivity contribution in [1.29, 1.82) is 5.26 Å². The molecule has 0 spiro atoms. The van der Waals surface area contributed by atoms with E-state index < -0.39 is 0 Å². The first-order valence-corrected chi connectivity index (χ1v) is 6.07. The van der Waals surface area contributed by atoms with Crippen LogP contribution in [-0.2, 0) is 20.7 Å². The molecule has 1 N–H and O–H groups in total. The Morgan fingerprint density at radius 2 is 2.00 bits per heavy atom. The maximum Gasteiger partial charge on any atom is 0.306 e. The van der Waals surface area contributed by atoms with Gasteiger partial charge in [0.2, 0.25) is 5.91 Å². The molecule has 1 aromatic rings. The van der Waals surface area contributed by atoms with Crippen LogP contribution in [0.5, 0.6) is 0 Å². The van der Waals surface area contributed by atoms with E-state index in [0.29, 0.717) is 25.1 Å². The number of esters is 1. The minimum atomic E-state index is -0.332. The topological polar surface area (TPSA) is 79.2 Å². The summed E-state index contributed by atoms with van der Waals surface area (Å²) in [5, 5.41) is 11.0. The van der Waals surface area contributed by atoms with Gasteiger partial charge in [-0.2, -0.15) is 5.26 Å². The van der Waals surface area contributed by atoms with E-state index in [4.69, 9.17) is 10.00 Å². The molecule has 0 aromatic heterocycles. The van der Waals surface area contributed by atoms with Gasteiger partial charge in [0.25, 0.3) is 0 Å². The Morgan fingerprint density at radius 3 is 2.58 bits per heavy atom. The van der Waals surface area contributed by atoms with Crippen LogP contribution >= 0.6 is 0 Å². The van der Waals surface area contributed by atoms with E-state index in [0.717, 1.165) is 5.56 Å². The van der Waals surface area contributed by atoms with Crippen molar-refractivity contribution in [3.63, 3.8) is 0 Å². The highest BCUT2D eigenvalue weighted by Gasteiger charge is 2.04. The van der Waals surface area contributed by atoms with Gasteiger partial charge >= 0.3 is 5.97 Å². The summed E-state index contributed by atoms with van der Waals surface area (Å²) in [4.78, 5) is 22.4. The van der Waals surface area contributed by atoms with Gasteiger partial charge in [-0.25, -0.2) is 0 Å². The third-order valence-corrected chi connectivity index (χ3v) is 2.40. The fourth-order valence-corrected chi connectivity index (χ4v) is 1.51. The predicted molar refractivity (Wildman–Crippen MR) is 70.3 cm³/mol. The van der Waals surface area contributed by atoms with Crippen LogP contribution in [0, 0.1) is 11.3 Å². The van der Waals surface area contributed by atoms with Crippen molar-refractivity contribution in [3.8, 4) is 6.07 Å². The first kappa shape index (κ1) is 14.7. The van der Waals surface area contributed by atoms with Crippen LogP contribution in [0.2, 0.25) is 0 Å². The van der Waals surface area contributed by atoms with Crippen molar-refractivity contribution >= 4 is 17.6 Å². The maximum atomic E-state index is 11.2. The Morgan fingerprint density at radius 1 is 1.32 bits per heavy atom. The molecule has 5 heteroatoms. The van der Waals surface area contributed by atoms with Crippen LogP contribution < -0.4 is 5.32 Å². The largest absolute Gasteiger partial charge is 0.466 e. The van der Waals surface area contributed by atoms with Gasteiger partial charge in [-0.3, -0.25) is 9.59 Å². The van der Waals surface area contributed by atoms with Gasteiger partial charge in [-0.1, -0.05) is 12.1 Å². The number of aryl methyl sites for hydroxylation is 1. The highest BCUT2D eigenvalue weighted by molar-refractivity contribution is 5.91. The zero-order valence-electron chi connectivity index (χ0n) is 10.8. The van der Waals surface area contributed by atoms with Crippen molar-refractivity contribution in [2.75, 3.05) is 11.9 Å². The number of hydrogen-bond acceptors (Lipinski definition) is 4. The normalized spacial score (nSPS) is 9.47. The molecule has 0 heterocycles. The minimum absolute atomic E-state index is 0.162. The first-order valence-electron chi connectivity index (χ1n) is 6.07. The lowest BCUT2D eigenvalue weighted by atomic mass is 10.1. The Bertz CT molecular complexity index is 474. The van der Waals surface area contributed by atoms with Crippen molar-refractivity contribution < 1.29 is 14.3 Å². The molecule has 0 bridgehead atoms. The molecule has 1 amide bonds. The first-order chi connectivity index (χ1) is 9.15. The Hall–Kier alpha value is -2.35. The van der Waals surface area contributed by atoms with Gasteiger partial charge in [0.1, 0.15) is 6.42 Å². The summed E-state index contributed by atoms with van der Waals surface area (Å²) in [7, 11) is 0. The molecule has 0 aliphatic rings. The number of nitrogens with zero attached hydrogens (tertiary/aromatic N) is 1. The summed E-state index contributed by atoms with van der Waals surface area (Å²) in [6, 6.07) is 8.94. The van der Waals surface area contributed by atoms with Crippen LogP contribution in [-0.4, -0.2) is 18.5 Å². The monoisotopic (exact) mass is 260 g/mol. The summed E-state index contributed by atoms with van der Waals surface area (Å²) in [6.07, 6.45) is 0.782. The van der Waals surface area contributed by atoms with E-state index in [9.17, 15) is 9.59 Å². The highest BCUT2D eigenvalue weighted by Crippen LogP contribution is 2.11. The minimum Gasteiger partial charge on any atom is -0.466 e. The highest BCUT2D eigenvalue weighted by atomic mass is 16.5. The number of rotatable bonds is 6.